The number of hydrogen-bond donors (Lipinski definition) is 1. The summed E-state index contributed by atoms with van der Waals surface area (Å²) in [5, 5.41) is 2.88. The van der Waals surface area contributed by atoms with Crippen LogP contribution in [0, 0.1) is 0 Å². The zero-order valence-corrected chi connectivity index (χ0v) is 17.1. The third kappa shape index (κ3) is 5.02. The molecule has 1 N–H and O–H groups in total. The molecule has 0 unspecified atom stereocenters. The minimum absolute atomic E-state index is 0.0336. The highest BCUT2D eigenvalue weighted by Crippen LogP contribution is 2.18. The lowest BCUT2D eigenvalue weighted by Crippen LogP contribution is -2.50. The molecule has 0 bridgehead atoms. The van der Waals surface area contributed by atoms with Gasteiger partial charge in [-0.3, -0.25) is 14.4 Å². The van der Waals surface area contributed by atoms with Crippen molar-refractivity contribution in [2.45, 2.75) is 26.7 Å². The molecule has 1 aliphatic rings. The number of nitrogens with zero attached hydrogens (tertiary/aromatic N) is 2. The summed E-state index contributed by atoms with van der Waals surface area (Å²) >= 11 is 0. The third-order valence-corrected chi connectivity index (χ3v) is 5.24. The summed E-state index contributed by atoms with van der Waals surface area (Å²) in [6.45, 7) is 7.94. The molecule has 152 valence electrons. The standard InChI is InChI=1S/C23H27N3O3/c1-16(2)18-8-10-21(11-9-18)24-22(28)19-4-6-20(7-5-19)23(29)26-14-12-25(13-15-26)17(3)27/h4-11,16H,12-15H2,1-3H3,(H,24,28). The first kappa shape index (κ1) is 20.6. The van der Waals surface area contributed by atoms with Gasteiger partial charge in [-0.2, -0.15) is 0 Å². The molecule has 3 rings (SSSR count). The fraction of sp³-hybridized carbons (Fsp3) is 0.348. The molecule has 1 saturated heterocycles. The maximum Gasteiger partial charge on any atom is 0.255 e. The fourth-order valence-electron chi connectivity index (χ4n) is 3.33. The van der Waals surface area contributed by atoms with Crippen LogP contribution >= 0.6 is 0 Å². The lowest BCUT2D eigenvalue weighted by atomic mass is 10.0. The summed E-state index contributed by atoms with van der Waals surface area (Å²) < 4.78 is 0. The van der Waals surface area contributed by atoms with Gasteiger partial charge in [0.05, 0.1) is 0 Å². The second-order valence-corrected chi connectivity index (χ2v) is 7.61. The number of carbonyl (C=O) groups excluding carboxylic acids is 3. The molecule has 1 fully saturated rings. The Hall–Kier alpha value is -3.15. The molecule has 0 aliphatic carbocycles. The van der Waals surface area contributed by atoms with Crippen molar-refractivity contribution in [2.24, 2.45) is 0 Å². The van der Waals surface area contributed by atoms with Crippen LogP contribution < -0.4 is 5.32 Å². The van der Waals surface area contributed by atoms with E-state index in [9.17, 15) is 14.4 Å². The van der Waals surface area contributed by atoms with Crippen LogP contribution in [0.1, 0.15) is 53.0 Å². The topological polar surface area (TPSA) is 69.7 Å². The molecule has 0 saturated carbocycles. The molecule has 2 aromatic carbocycles. The second kappa shape index (κ2) is 8.90. The minimum atomic E-state index is -0.212. The van der Waals surface area contributed by atoms with Gasteiger partial charge < -0.3 is 15.1 Å². The molecular formula is C23H27N3O3. The monoisotopic (exact) mass is 393 g/mol. The van der Waals surface area contributed by atoms with Crippen LogP contribution in [0.15, 0.2) is 48.5 Å². The number of benzene rings is 2. The molecular weight excluding hydrogens is 366 g/mol. The molecule has 0 atom stereocenters. The Morgan fingerprint density at radius 3 is 1.83 bits per heavy atom. The summed E-state index contributed by atoms with van der Waals surface area (Å²) in [5.74, 6) is 0.183. The van der Waals surface area contributed by atoms with E-state index in [-0.39, 0.29) is 17.7 Å². The number of amides is 3. The molecule has 1 aliphatic heterocycles. The second-order valence-electron chi connectivity index (χ2n) is 7.61. The van der Waals surface area contributed by atoms with Crippen molar-refractivity contribution in [2.75, 3.05) is 31.5 Å². The van der Waals surface area contributed by atoms with E-state index < -0.39 is 0 Å². The van der Waals surface area contributed by atoms with Crippen LogP contribution in [0.2, 0.25) is 0 Å². The van der Waals surface area contributed by atoms with E-state index in [1.165, 1.54) is 5.56 Å². The van der Waals surface area contributed by atoms with Gasteiger partial charge in [-0.05, 0) is 47.9 Å². The van der Waals surface area contributed by atoms with Crippen molar-refractivity contribution >= 4 is 23.4 Å². The molecule has 2 aromatic rings. The van der Waals surface area contributed by atoms with Gasteiger partial charge in [0.25, 0.3) is 11.8 Å². The molecule has 0 radical (unpaired) electrons. The van der Waals surface area contributed by atoms with E-state index in [1.54, 1.807) is 41.0 Å². The Labute approximate surface area is 171 Å². The van der Waals surface area contributed by atoms with Crippen molar-refractivity contribution < 1.29 is 14.4 Å². The average Bonchev–Trinajstić information content (AvgIpc) is 2.73. The molecule has 3 amide bonds. The maximum atomic E-state index is 12.7. The van der Waals surface area contributed by atoms with Crippen LogP contribution in [-0.4, -0.2) is 53.7 Å². The smallest absolute Gasteiger partial charge is 0.255 e. The highest BCUT2D eigenvalue weighted by Gasteiger charge is 2.23. The first-order valence-electron chi connectivity index (χ1n) is 9.91. The Bertz CT molecular complexity index is 881. The number of rotatable bonds is 4. The number of hydrogen-bond acceptors (Lipinski definition) is 3. The van der Waals surface area contributed by atoms with E-state index in [1.807, 2.05) is 24.3 Å². The number of carbonyl (C=O) groups is 3. The van der Waals surface area contributed by atoms with Crippen molar-refractivity contribution in [1.29, 1.82) is 0 Å². The summed E-state index contributed by atoms with van der Waals surface area (Å²) in [5.41, 5.74) is 2.99. The predicted octanol–water partition coefficient (Wildman–Crippen LogP) is 3.37. The molecule has 29 heavy (non-hydrogen) atoms. The fourth-order valence-corrected chi connectivity index (χ4v) is 3.33. The van der Waals surface area contributed by atoms with Gasteiger partial charge >= 0.3 is 0 Å². The first-order valence-corrected chi connectivity index (χ1v) is 9.91. The van der Waals surface area contributed by atoms with Crippen molar-refractivity contribution in [3.63, 3.8) is 0 Å². The quantitative estimate of drug-likeness (QED) is 0.866. The van der Waals surface area contributed by atoms with Gasteiger partial charge in [0.1, 0.15) is 0 Å². The molecule has 0 spiro atoms. The maximum absolute atomic E-state index is 12.7. The van der Waals surface area contributed by atoms with Crippen molar-refractivity contribution in [3.8, 4) is 0 Å². The van der Waals surface area contributed by atoms with Gasteiger partial charge in [-0.1, -0.05) is 26.0 Å². The summed E-state index contributed by atoms with van der Waals surface area (Å²) in [4.78, 5) is 40.0. The lowest BCUT2D eigenvalue weighted by molar-refractivity contribution is -0.130. The largest absolute Gasteiger partial charge is 0.339 e. The normalized spacial score (nSPS) is 14.1. The molecule has 1 heterocycles. The number of nitrogens with one attached hydrogen (secondary N) is 1. The van der Waals surface area contributed by atoms with Crippen LogP contribution in [0.4, 0.5) is 5.69 Å². The van der Waals surface area contributed by atoms with E-state index >= 15 is 0 Å². The Balaban J connectivity index is 1.60. The van der Waals surface area contributed by atoms with E-state index in [4.69, 9.17) is 0 Å². The van der Waals surface area contributed by atoms with E-state index in [0.717, 1.165) is 5.69 Å². The van der Waals surface area contributed by atoms with E-state index in [2.05, 4.69) is 19.2 Å². The summed E-state index contributed by atoms with van der Waals surface area (Å²) in [6.07, 6.45) is 0. The predicted molar refractivity (Wildman–Crippen MR) is 113 cm³/mol. The molecule has 0 aromatic heterocycles. The van der Waals surface area contributed by atoms with Gasteiger partial charge in [0.2, 0.25) is 5.91 Å². The van der Waals surface area contributed by atoms with Crippen molar-refractivity contribution in [3.05, 3.63) is 65.2 Å². The van der Waals surface area contributed by atoms with Crippen LogP contribution in [0.5, 0.6) is 0 Å². The van der Waals surface area contributed by atoms with Crippen molar-refractivity contribution in [1.82, 2.24) is 9.80 Å². The summed E-state index contributed by atoms with van der Waals surface area (Å²) in [6, 6.07) is 14.5. The molecule has 6 heteroatoms. The number of piperazine rings is 1. The lowest BCUT2D eigenvalue weighted by Gasteiger charge is -2.34. The van der Waals surface area contributed by atoms with Gasteiger partial charge in [0, 0.05) is 49.9 Å². The average molecular weight is 393 g/mol. The van der Waals surface area contributed by atoms with Gasteiger partial charge in [-0.15, -0.1) is 0 Å². The summed E-state index contributed by atoms with van der Waals surface area (Å²) in [7, 11) is 0. The third-order valence-electron chi connectivity index (χ3n) is 5.24. The first-order chi connectivity index (χ1) is 13.8. The molecule has 6 nitrogen and oxygen atoms in total. The highest BCUT2D eigenvalue weighted by molar-refractivity contribution is 6.05. The Morgan fingerprint density at radius 2 is 1.31 bits per heavy atom. The van der Waals surface area contributed by atoms with Crippen LogP contribution in [0.3, 0.4) is 0 Å². The zero-order chi connectivity index (χ0) is 21.0. The van der Waals surface area contributed by atoms with E-state index in [0.29, 0.717) is 43.2 Å². The van der Waals surface area contributed by atoms with Crippen LogP contribution in [-0.2, 0) is 4.79 Å². The zero-order valence-electron chi connectivity index (χ0n) is 17.1. The Kier molecular flexibility index (Phi) is 6.32. The minimum Gasteiger partial charge on any atom is -0.339 e. The van der Waals surface area contributed by atoms with Gasteiger partial charge in [-0.25, -0.2) is 0 Å². The Morgan fingerprint density at radius 1 is 0.793 bits per heavy atom. The van der Waals surface area contributed by atoms with Crippen LogP contribution in [0.25, 0.3) is 0 Å². The van der Waals surface area contributed by atoms with Gasteiger partial charge in [0.15, 0.2) is 0 Å². The highest BCUT2D eigenvalue weighted by atomic mass is 16.2. The SMILES string of the molecule is CC(=O)N1CCN(C(=O)c2ccc(C(=O)Nc3ccc(C(C)C)cc3)cc2)CC1. The number of anilines is 1.